The fourth-order valence-corrected chi connectivity index (χ4v) is 3.36. The van der Waals surface area contributed by atoms with Gasteiger partial charge in [-0.15, -0.1) is 0 Å². The van der Waals surface area contributed by atoms with Gasteiger partial charge in [0.2, 0.25) is 0 Å². The Labute approximate surface area is 115 Å². The third-order valence-corrected chi connectivity index (χ3v) is 5.21. The van der Waals surface area contributed by atoms with E-state index < -0.39 is 10.8 Å². The van der Waals surface area contributed by atoms with Crippen LogP contribution in [0.2, 0.25) is 0 Å². The summed E-state index contributed by atoms with van der Waals surface area (Å²) in [5.41, 5.74) is 0. The lowest BCUT2D eigenvalue weighted by Gasteiger charge is -2.36. The minimum Gasteiger partial charge on any atom is -0.313 e. The smallest absolute Gasteiger partial charge is 0.0360 e. The Morgan fingerprint density at radius 3 is 2.89 bits per heavy atom. The molecule has 108 valence electrons. The van der Waals surface area contributed by atoms with Crippen LogP contribution in [0, 0.1) is 5.92 Å². The third kappa shape index (κ3) is 5.81. The van der Waals surface area contributed by atoms with E-state index in [2.05, 4.69) is 24.1 Å². The molecular formula is C14H30N2OS. The summed E-state index contributed by atoms with van der Waals surface area (Å²) in [4.78, 5) is 2.59. The summed E-state index contributed by atoms with van der Waals surface area (Å²) >= 11 is 0. The van der Waals surface area contributed by atoms with E-state index >= 15 is 0 Å². The first-order valence-corrected chi connectivity index (χ1v) is 8.96. The van der Waals surface area contributed by atoms with Crippen molar-refractivity contribution in [2.45, 2.75) is 46.1 Å². The quantitative estimate of drug-likeness (QED) is 0.733. The first-order valence-electron chi connectivity index (χ1n) is 7.48. The van der Waals surface area contributed by atoms with Crippen LogP contribution in [0.5, 0.6) is 0 Å². The van der Waals surface area contributed by atoms with E-state index in [1.54, 1.807) is 0 Å². The van der Waals surface area contributed by atoms with Gasteiger partial charge < -0.3 is 10.2 Å². The van der Waals surface area contributed by atoms with Gasteiger partial charge in [-0.2, -0.15) is 0 Å². The second-order valence-corrected chi connectivity index (χ2v) is 7.24. The molecule has 3 nitrogen and oxygen atoms in total. The molecule has 0 bridgehead atoms. The van der Waals surface area contributed by atoms with Crippen LogP contribution in [0.15, 0.2) is 0 Å². The van der Waals surface area contributed by atoms with Crippen LogP contribution in [0.4, 0.5) is 0 Å². The summed E-state index contributed by atoms with van der Waals surface area (Å²) in [5, 5.41) is 3.56. The average Bonchev–Trinajstić information content (AvgIpc) is 2.39. The highest BCUT2D eigenvalue weighted by Crippen LogP contribution is 2.19. The molecule has 0 radical (unpaired) electrons. The first kappa shape index (κ1) is 16.1. The number of nitrogens with zero attached hydrogens (tertiary/aromatic N) is 1. The molecule has 3 atom stereocenters. The number of likely N-dealkylation sites (tertiary alicyclic amines) is 1. The molecule has 1 saturated heterocycles. The molecular weight excluding hydrogens is 244 g/mol. The van der Waals surface area contributed by atoms with E-state index in [1.807, 2.05) is 6.92 Å². The predicted octanol–water partition coefficient (Wildman–Crippen LogP) is 1.86. The lowest BCUT2D eigenvalue weighted by atomic mass is 9.91. The normalized spacial score (nSPS) is 24.9. The Morgan fingerprint density at radius 2 is 2.22 bits per heavy atom. The van der Waals surface area contributed by atoms with Crippen LogP contribution in [-0.2, 0) is 10.8 Å². The van der Waals surface area contributed by atoms with E-state index in [1.165, 1.54) is 38.9 Å². The summed E-state index contributed by atoms with van der Waals surface area (Å²) in [6.45, 7) is 11.2. The summed E-state index contributed by atoms with van der Waals surface area (Å²) in [7, 11) is -0.631. The second kappa shape index (κ2) is 9.05. The zero-order valence-electron chi connectivity index (χ0n) is 12.3. The molecule has 0 amide bonds. The highest BCUT2D eigenvalue weighted by atomic mass is 32.2. The standard InChI is InChI=1S/C14H30N2OS/c1-4-9-16-10-6-7-14(12-16)13(3)15-8-11-18(17)5-2/h13-15H,4-12H2,1-3H3. The van der Waals surface area contributed by atoms with E-state index in [0.717, 1.165) is 24.0 Å². The van der Waals surface area contributed by atoms with Crippen molar-refractivity contribution in [1.29, 1.82) is 0 Å². The van der Waals surface area contributed by atoms with E-state index in [4.69, 9.17) is 0 Å². The molecule has 1 rings (SSSR count). The van der Waals surface area contributed by atoms with Crippen molar-refractivity contribution >= 4 is 10.8 Å². The van der Waals surface area contributed by atoms with Gasteiger partial charge in [-0.1, -0.05) is 13.8 Å². The SMILES string of the molecule is CCCN1CCCC(C(C)NCCS(=O)CC)C1. The number of nitrogens with one attached hydrogen (secondary N) is 1. The molecule has 1 aliphatic heterocycles. The molecule has 1 heterocycles. The molecule has 1 aliphatic rings. The fourth-order valence-electron chi connectivity index (χ4n) is 2.73. The van der Waals surface area contributed by atoms with Gasteiger partial charge >= 0.3 is 0 Å². The maximum absolute atomic E-state index is 11.4. The Hall–Kier alpha value is 0.0700. The van der Waals surface area contributed by atoms with Gasteiger partial charge in [0.05, 0.1) is 0 Å². The monoisotopic (exact) mass is 274 g/mol. The van der Waals surface area contributed by atoms with Crippen molar-refractivity contribution in [1.82, 2.24) is 10.2 Å². The van der Waals surface area contributed by atoms with Gasteiger partial charge in [0.15, 0.2) is 0 Å². The van der Waals surface area contributed by atoms with Crippen LogP contribution in [0.25, 0.3) is 0 Å². The molecule has 18 heavy (non-hydrogen) atoms. The summed E-state index contributed by atoms with van der Waals surface area (Å²) in [6, 6.07) is 0.554. The fraction of sp³-hybridized carbons (Fsp3) is 1.00. The maximum atomic E-state index is 11.4. The molecule has 0 aromatic rings. The first-order chi connectivity index (χ1) is 8.67. The zero-order valence-corrected chi connectivity index (χ0v) is 13.1. The number of rotatable bonds is 8. The maximum Gasteiger partial charge on any atom is 0.0360 e. The Balaban J connectivity index is 2.23. The lowest BCUT2D eigenvalue weighted by molar-refractivity contribution is 0.152. The van der Waals surface area contributed by atoms with E-state index in [9.17, 15) is 4.21 Å². The molecule has 0 aromatic heterocycles. The molecule has 4 heteroatoms. The van der Waals surface area contributed by atoms with Crippen molar-refractivity contribution in [2.75, 3.05) is 37.7 Å². The van der Waals surface area contributed by atoms with Gasteiger partial charge in [0, 0.05) is 41.4 Å². The number of hydrogen-bond donors (Lipinski definition) is 1. The van der Waals surface area contributed by atoms with Crippen LogP contribution in [-0.4, -0.2) is 52.8 Å². The molecule has 0 aliphatic carbocycles. The van der Waals surface area contributed by atoms with Crippen LogP contribution in [0.3, 0.4) is 0 Å². The Bertz CT molecular complexity index is 246. The molecule has 0 spiro atoms. The van der Waals surface area contributed by atoms with Gasteiger partial charge in [0.1, 0.15) is 0 Å². The van der Waals surface area contributed by atoms with Crippen molar-refractivity contribution in [3.63, 3.8) is 0 Å². The molecule has 3 unspecified atom stereocenters. The minimum atomic E-state index is -0.631. The number of piperidine rings is 1. The highest BCUT2D eigenvalue weighted by Gasteiger charge is 2.23. The predicted molar refractivity (Wildman–Crippen MR) is 80.5 cm³/mol. The van der Waals surface area contributed by atoms with Gasteiger partial charge in [-0.05, 0) is 45.2 Å². The minimum absolute atomic E-state index is 0.554. The van der Waals surface area contributed by atoms with E-state index in [-0.39, 0.29) is 0 Å². The molecule has 1 N–H and O–H groups in total. The Morgan fingerprint density at radius 1 is 1.44 bits per heavy atom. The molecule has 1 fully saturated rings. The van der Waals surface area contributed by atoms with Crippen LogP contribution < -0.4 is 5.32 Å². The van der Waals surface area contributed by atoms with Crippen molar-refractivity contribution in [2.24, 2.45) is 5.92 Å². The third-order valence-electron chi connectivity index (χ3n) is 3.91. The number of hydrogen-bond acceptors (Lipinski definition) is 3. The zero-order chi connectivity index (χ0) is 13.4. The van der Waals surface area contributed by atoms with Crippen LogP contribution in [0.1, 0.15) is 40.0 Å². The van der Waals surface area contributed by atoms with E-state index in [0.29, 0.717) is 6.04 Å². The Kier molecular flexibility index (Phi) is 8.11. The van der Waals surface area contributed by atoms with Gasteiger partial charge in [-0.25, -0.2) is 0 Å². The van der Waals surface area contributed by atoms with Crippen molar-refractivity contribution in [3.05, 3.63) is 0 Å². The summed E-state index contributed by atoms with van der Waals surface area (Å²) in [5.74, 6) is 2.34. The van der Waals surface area contributed by atoms with Gasteiger partial charge in [0.25, 0.3) is 0 Å². The largest absolute Gasteiger partial charge is 0.313 e. The topological polar surface area (TPSA) is 32.3 Å². The molecule has 0 aromatic carbocycles. The van der Waals surface area contributed by atoms with Crippen molar-refractivity contribution < 1.29 is 4.21 Å². The summed E-state index contributed by atoms with van der Waals surface area (Å²) in [6.07, 6.45) is 3.92. The van der Waals surface area contributed by atoms with Crippen LogP contribution >= 0.6 is 0 Å². The average molecular weight is 274 g/mol. The molecule has 0 saturated carbocycles. The lowest BCUT2D eigenvalue weighted by Crippen LogP contribution is -2.45. The van der Waals surface area contributed by atoms with Crippen molar-refractivity contribution in [3.8, 4) is 0 Å². The summed E-state index contributed by atoms with van der Waals surface area (Å²) < 4.78 is 11.4. The van der Waals surface area contributed by atoms with Gasteiger partial charge in [-0.3, -0.25) is 4.21 Å². The highest BCUT2D eigenvalue weighted by molar-refractivity contribution is 7.84. The second-order valence-electron chi connectivity index (χ2n) is 5.38.